The Morgan fingerprint density at radius 1 is 0.400 bits per heavy atom. The quantitative estimate of drug-likeness (QED) is 0.193. The molecule has 1 aliphatic heterocycles. The predicted molar refractivity (Wildman–Crippen MR) is 208 cm³/mol. The first kappa shape index (κ1) is 27.2. The summed E-state index contributed by atoms with van der Waals surface area (Å²) in [5.41, 5.74) is 11.7. The van der Waals surface area contributed by atoms with E-state index in [2.05, 4.69) is 167 Å². The van der Waals surface area contributed by atoms with E-state index >= 15 is 0 Å². The van der Waals surface area contributed by atoms with Crippen molar-refractivity contribution in [2.45, 2.75) is 0 Å². The van der Waals surface area contributed by atoms with E-state index in [1.54, 1.807) is 0 Å². The van der Waals surface area contributed by atoms with Gasteiger partial charge in [-0.25, -0.2) is 9.97 Å². The SMILES string of the molecule is c1ccc(-n2c3ccccc3c3c(-c4nc5ccccc5nc4N4c5cc6ccccc6cc5-c5cccc6cccc4c56)cccc32)cc1. The Hall–Kier alpha value is -6.78. The number of anilines is 3. The number of rotatable bonds is 3. The molecule has 10 aromatic rings. The van der Waals surface area contributed by atoms with Crippen LogP contribution in [-0.4, -0.2) is 14.5 Å². The molecule has 50 heavy (non-hydrogen) atoms. The van der Waals surface area contributed by atoms with Crippen molar-refractivity contribution in [2.75, 3.05) is 4.90 Å². The summed E-state index contributed by atoms with van der Waals surface area (Å²) in [5.74, 6) is 0.811. The van der Waals surface area contributed by atoms with E-state index in [1.165, 1.54) is 38.1 Å². The van der Waals surface area contributed by atoms with Crippen LogP contribution < -0.4 is 4.90 Å². The molecule has 0 unspecified atom stereocenters. The number of hydrogen-bond donors (Lipinski definition) is 0. The van der Waals surface area contributed by atoms with Crippen molar-refractivity contribution in [1.29, 1.82) is 0 Å². The van der Waals surface area contributed by atoms with Crippen LogP contribution in [0, 0.1) is 0 Å². The number of aromatic nitrogens is 3. The maximum atomic E-state index is 5.52. The van der Waals surface area contributed by atoms with Gasteiger partial charge in [0, 0.05) is 33.0 Å². The fourth-order valence-electron chi connectivity index (χ4n) is 8.12. The highest BCUT2D eigenvalue weighted by Crippen LogP contribution is 2.53. The molecule has 8 aromatic carbocycles. The zero-order valence-electron chi connectivity index (χ0n) is 27.0. The summed E-state index contributed by atoms with van der Waals surface area (Å²) in [6.45, 7) is 0. The number of hydrogen-bond acceptors (Lipinski definition) is 3. The first-order valence-electron chi connectivity index (χ1n) is 17.0. The third kappa shape index (κ3) is 3.81. The Kier molecular flexibility index (Phi) is 5.63. The molecule has 0 bridgehead atoms. The van der Waals surface area contributed by atoms with E-state index < -0.39 is 0 Å². The van der Waals surface area contributed by atoms with Crippen molar-refractivity contribution >= 4 is 71.6 Å². The van der Waals surface area contributed by atoms with Crippen LogP contribution in [0.4, 0.5) is 17.2 Å². The summed E-state index contributed by atoms with van der Waals surface area (Å²) in [6, 6.07) is 60.6. The minimum absolute atomic E-state index is 0.811. The molecule has 0 aliphatic carbocycles. The molecule has 0 N–H and O–H groups in total. The first-order valence-corrected chi connectivity index (χ1v) is 17.0. The highest BCUT2D eigenvalue weighted by atomic mass is 15.2. The van der Waals surface area contributed by atoms with Gasteiger partial charge in [0.2, 0.25) is 0 Å². The van der Waals surface area contributed by atoms with Crippen molar-refractivity contribution in [1.82, 2.24) is 14.5 Å². The topological polar surface area (TPSA) is 34.0 Å². The standard InChI is InChI=1S/C46H28N4/c1-2-17-32(18-3-1)49-39-24-9-6-19-34(39)44-35(21-12-26-41(44)49)45-46(48-38-23-8-7-22-37(38)47-45)50-40-25-11-16-29-15-10-20-33(43(29)40)36-27-30-13-4-5-14-31(30)28-42(36)50/h1-28H. The first-order chi connectivity index (χ1) is 24.8. The summed E-state index contributed by atoms with van der Waals surface area (Å²) in [5, 5.41) is 7.16. The van der Waals surface area contributed by atoms with Crippen molar-refractivity contribution in [3.8, 4) is 28.1 Å². The number of para-hydroxylation sites is 4. The van der Waals surface area contributed by atoms with Crippen LogP contribution in [0.2, 0.25) is 0 Å². The van der Waals surface area contributed by atoms with Gasteiger partial charge in [-0.3, -0.25) is 4.90 Å². The third-order valence-corrected chi connectivity index (χ3v) is 10.2. The van der Waals surface area contributed by atoms with E-state index in [-0.39, 0.29) is 0 Å². The zero-order chi connectivity index (χ0) is 32.8. The molecule has 1 aliphatic rings. The second-order valence-electron chi connectivity index (χ2n) is 13.0. The van der Waals surface area contributed by atoms with Gasteiger partial charge in [-0.05, 0) is 76.3 Å². The second-order valence-corrected chi connectivity index (χ2v) is 13.0. The summed E-state index contributed by atoms with van der Waals surface area (Å²) < 4.78 is 2.36. The van der Waals surface area contributed by atoms with Crippen LogP contribution in [0.3, 0.4) is 0 Å². The normalized spacial score (nSPS) is 12.4. The van der Waals surface area contributed by atoms with Crippen LogP contribution in [0.15, 0.2) is 170 Å². The van der Waals surface area contributed by atoms with Crippen molar-refractivity contribution in [3.05, 3.63) is 170 Å². The number of nitrogens with zero attached hydrogens (tertiary/aromatic N) is 4. The average Bonchev–Trinajstić information content (AvgIpc) is 3.52. The largest absolute Gasteiger partial charge is 0.309 e. The lowest BCUT2D eigenvalue weighted by Crippen LogP contribution is -2.18. The van der Waals surface area contributed by atoms with Crippen LogP contribution in [0.25, 0.3) is 82.5 Å². The van der Waals surface area contributed by atoms with E-state index in [0.717, 1.165) is 61.6 Å². The molecule has 4 nitrogen and oxygen atoms in total. The van der Waals surface area contributed by atoms with Crippen LogP contribution in [0.5, 0.6) is 0 Å². The van der Waals surface area contributed by atoms with E-state index in [9.17, 15) is 0 Å². The second kappa shape index (κ2) is 10.4. The van der Waals surface area contributed by atoms with Gasteiger partial charge in [-0.15, -0.1) is 0 Å². The minimum Gasteiger partial charge on any atom is -0.309 e. The monoisotopic (exact) mass is 636 g/mol. The number of fused-ring (bicyclic) bond motifs is 7. The average molecular weight is 637 g/mol. The van der Waals surface area contributed by atoms with E-state index in [4.69, 9.17) is 9.97 Å². The highest BCUT2D eigenvalue weighted by Gasteiger charge is 2.31. The summed E-state index contributed by atoms with van der Waals surface area (Å²) in [4.78, 5) is 13.4. The Bertz CT molecular complexity index is 2990. The van der Waals surface area contributed by atoms with Gasteiger partial charge in [0.1, 0.15) is 5.69 Å². The maximum Gasteiger partial charge on any atom is 0.165 e. The third-order valence-electron chi connectivity index (χ3n) is 10.2. The lowest BCUT2D eigenvalue weighted by molar-refractivity contribution is 1.17. The van der Waals surface area contributed by atoms with Crippen LogP contribution >= 0.6 is 0 Å². The maximum absolute atomic E-state index is 5.52. The zero-order valence-corrected chi connectivity index (χ0v) is 27.0. The molecule has 0 radical (unpaired) electrons. The van der Waals surface area contributed by atoms with Gasteiger partial charge in [-0.2, -0.15) is 0 Å². The molecule has 3 heterocycles. The van der Waals surface area contributed by atoms with Gasteiger partial charge in [0.05, 0.1) is 33.4 Å². The Morgan fingerprint density at radius 2 is 1.04 bits per heavy atom. The summed E-state index contributed by atoms with van der Waals surface area (Å²) in [6.07, 6.45) is 0. The van der Waals surface area contributed by atoms with Crippen molar-refractivity contribution in [2.24, 2.45) is 0 Å². The molecular formula is C46H28N4. The fraction of sp³-hybridized carbons (Fsp3) is 0. The molecule has 232 valence electrons. The Labute approximate surface area is 288 Å². The van der Waals surface area contributed by atoms with E-state index in [0.29, 0.717) is 0 Å². The molecule has 0 amide bonds. The summed E-state index contributed by atoms with van der Waals surface area (Å²) in [7, 11) is 0. The molecule has 0 saturated heterocycles. The molecule has 4 heteroatoms. The van der Waals surface area contributed by atoms with Crippen LogP contribution in [0.1, 0.15) is 0 Å². The van der Waals surface area contributed by atoms with Gasteiger partial charge < -0.3 is 4.57 Å². The van der Waals surface area contributed by atoms with Gasteiger partial charge in [-0.1, -0.05) is 115 Å². The van der Waals surface area contributed by atoms with Crippen LogP contribution in [-0.2, 0) is 0 Å². The predicted octanol–water partition coefficient (Wildman–Crippen LogP) is 12.2. The van der Waals surface area contributed by atoms with Gasteiger partial charge in [0.25, 0.3) is 0 Å². The lowest BCUT2D eigenvalue weighted by Gasteiger charge is -2.34. The molecular weight excluding hydrogens is 609 g/mol. The Morgan fingerprint density at radius 3 is 1.90 bits per heavy atom. The van der Waals surface area contributed by atoms with Gasteiger partial charge >= 0.3 is 0 Å². The molecule has 11 rings (SSSR count). The molecule has 2 aromatic heterocycles. The van der Waals surface area contributed by atoms with Crippen molar-refractivity contribution < 1.29 is 0 Å². The molecule has 0 saturated carbocycles. The van der Waals surface area contributed by atoms with E-state index in [1.807, 2.05) is 12.1 Å². The molecule has 0 spiro atoms. The fourth-order valence-corrected chi connectivity index (χ4v) is 8.12. The lowest BCUT2D eigenvalue weighted by atomic mass is 9.89. The Balaban J connectivity index is 1.29. The smallest absolute Gasteiger partial charge is 0.165 e. The minimum atomic E-state index is 0.811. The van der Waals surface area contributed by atoms with Gasteiger partial charge in [0.15, 0.2) is 5.82 Å². The highest BCUT2D eigenvalue weighted by molar-refractivity contribution is 6.19. The molecule has 0 fully saturated rings. The molecule has 0 atom stereocenters. The van der Waals surface area contributed by atoms with Crippen molar-refractivity contribution in [3.63, 3.8) is 0 Å². The summed E-state index contributed by atoms with van der Waals surface area (Å²) >= 11 is 0. The number of benzene rings is 8.